The van der Waals surface area contributed by atoms with E-state index in [2.05, 4.69) is 4.98 Å². The molecule has 40 heavy (non-hydrogen) atoms. The van der Waals surface area contributed by atoms with Gasteiger partial charge in [-0.2, -0.15) is 0 Å². The lowest BCUT2D eigenvalue weighted by Crippen LogP contribution is -2.67. The molecular weight excluding hydrogens is 509 g/mol. The number of fused-ring (bicyclic) bond motifs is 5. The fourth-order valence-electron chi connectivity index (χ4n) is 6.36. The number of rotatable bonds is 7. The summed E-state index contributed by atoms with van der Waals surface area (Å²) < 4.78 is 26.0. The SMILES string of the molecule is CCOc1c(OC)cccc1C1CN2C(=O)CN(CCc3ccccc3F)C(=O)C2(C)c2[nH]c3ccccc3c21. The zero-order valence-corrected chi connectivity index (χ0v) is 22.9. The molecule has 1 fully saturated rings. The van der Waals surface area contributed by atoms with Crippen molar-refractivity contribution in [2.24, 2.45) is 0 Å². The Balaban J connectivity index is 1.47. The number of benzene rings is 3. The number of aromatic nitrogens is 1. The molecule has 0 saturated carbocycles. The van der Waals surface area contributed by atoms with Crippen LogP contribution in [0.2, 0.25) is 0 Å². The number of nitrogens with zero attached hydrogens (tertiary/aromatic N) is 2. The molecule has 4 aromatic rings. The molecular formula is C32H32FN3O4. The lowest BCUT2D eigenvalue weighted by atomic mass is 9.76. The smallest absolute Gasteiger partial charge is 0.254 e. The number of aromatic amines is 1. The van der Waals surface area contributed by atoms with Gasteiger partial charge in [0.15, 0.2) is 17.0 Å². The number of carbonyl (C=O) groups excluding carboxylic acids is 2. The molecule has 3 heterocycles. The van der Waals surface area contributed by atoms with E-state index >= 15 is 0 Å². The van der Waals surface area contributed by atoms with Gasteiger partial charge in [-0.1, -0.05) is 48.5 Å². The van der Waals surface area contributed by atoms with Gasteiger partial charge in [0.2, 0.25) is 5.91 Å². The van der Waals surface area contributed by atoms with Gasteiger partial charge < -0.3 is 24.3 Å². The molecule has 0 spiro atoms. The van der Waals surface area contributed by atoms with Gasteiger partial charge >= 0.3 is 0 Å². The third-order valence-corrected chi connectivity index (χ3v) is 8.32. The van der Waals surface area contributed by atoms with Crippen molar-refractivity contribution in [3.8, 4) is 11.5 Å². The van der Waals surface area contributed by atoms with Crippen LogP contribution in [0.1, 0.15) is 42.1 Å². The highest BCUT2D eigenvalue weighted by molar-refractivity contribution is 6.01. The number of halogens is 1. The second kappa shape index (κ2) is 10.0. The number of carbonyl (C=O) groups is 2. The number of nitrogens with one attached hydrogen (secondary N) is 1. The van der Waals surface area contributed by atoms with Crippen LogP contribution in [-0.4, -0.2) is 59.9 Å². The Morgan fingerprint density at radius 2 is 1.82 bits per heavy atom. The molecule has 6 rings (SSSR count). The topological polar surface area (TPSA) is 74.9 Å². The first kappa shape index (κ1) is 25.9. The van der Waals surface area contributed by atoms with E-state index in [0.29, 0.717) is 42.3 Å². The predicted molar refractivity (Wildman–Crippen MR) is 150 cm³/mol. The first-order valence-electron chi connectivity index (χ1n) is 13.6. The lowest BCUT2D eigenvalue weighted by Gasteiger charge is -2.51. The minimum Gasteiger partial charge on any atom is -0.493 e. The first-order chi connectivity index (χ1) is 19.4. The monoisotopic (exact) mass is 541 g/mol. The molecule has 7 nitrogen and oxygen atoms in total. The van der Waals surface area contributed by atoms with Gasteiger partial charge in [0.05, 0.1) is 26.0 Å². The van der Waals surface area contributed by atoms with Crippen molar-refractivity contribution in [1.82, 2.24) is 14.8 Å². The normalized spacial score (nSPS) is 20.4. The number of hydrogen-bond acceptors (Lipinski definition) is 4. The standard InChI is InChI=1S/C32H32FN3O4/c1-4-40-29-21(12-9-15-26(29)39-3)23-18-36-27(37)19-35(17-16-20-10-5-7-13-24(20)33)31(38)32(36,2)30-28(23)22-11-6-8-14-25(22)34-30/h5-15,23,34H,4,16-19H2,1-3H3. The van der Waals surface area contributed by atoms with Crippen LogP contribution < -0.4 is 9.47 Å². The van der Waals surface area contributed by atoms with Crippen LogP contribution in [0.5, 0.6) is 11.5 Å². The van der Waals surface area contributed by atoms with E-state index in [9.17, 15) is 14.0 Å². The third-order valence-electron chi connectivity index (χ3n) is 8.32. The molecule has 3 aromatic carbocycles. The van der Waals surface area contributed by atoms with Gasteiger partial charge in [0, 0.05) is 35.5 Å². The number of H-pyrrole nitrogens is 1. The summed E-state index contributed by atoms with van der Waals surface area (Å²) in [6, 6.07) is 20.3. The Bertz CT molecular complexity index is 1620. The summed E-state index contributed by atoms with van der Waals surface area (Å²) in [5, 5.41) is 0.998. The van der Waals surface area contributed by atoms with Crippen molar-refractivity contribution in [3.05, 3.63) is 94.9 Å². The molecule has 8 heteroatoms. The van der Waals surface area contributed by atoms with Crippen LogP contribution in [0, 0.1) is 5.82 Å². The summed E-state index contributed by atoms with van der Waals surface area (Å²) in [7, 11) is 1.61. The maximum absolute atomic E-state index is 14.3. The fourth-order valence-corrected chi connectivity index (χ4v) is 6.36. The van der Waals surface area contributed by atoms with Crippen molar-refractivity contribution in [2.45, 2.75) is 31.7 Å². The van der Waals surface area contributed by atoms with Crippen LogP contribution in [0.4, 0.5) is 4.39 Å². The summed E-state index contributed by atoms with van der Waals surface area (Å²) in [5.41, 5.74) is 2.75. The van der Waals surface area contributed by atoms with Crippen molar-refractivity contribution >= 4 is 22.7 Å². The number of para-hydroxylation sites is 2. The van der Waals surface area contributed by atoms with E-state index in [1.54, 1.807) is 35.1 Å². The summed E-state index contributed by atoms with van der Waals surface area (Å²) in [6.07, 6.45) is 0.325. The average molecular weight is 542 g/mol. The zero-order chi connectivity index (χ0) is 28.0. The molecule has 0 radical (unpaired) electrons. The largest absolute Gasteiger partial charge is 0.493 e. The molecule has 2 aliphatic heterocycles. The number of methoxy groups -OCH3 is 1. The number of hydrogen-bond donors (Lipinski definition) is 1. The van der Waals surface area contributed by atoms with E-state index in [1.165, 1.54) is 6.07 Å². The molecule has 1 N–H and O–H groups in total. The van der Waals surface area contributed by atoms with Crippen LogP contribution >= 0.6 is 0 Å². The van der Waals surface area contributed by atoms with E-state index in [4.69, 9.17) is 9.47 Å². The third kappa shape index (κ3) is 3.93. The summed E-state index contributed by atoms with van der Waals surface area (Å²) in [4.78, 5) is 34.8. The van der Waals surface area contributed by atoms with Crippen LogP contribution in [0.15, 0.2) is 66.7 Å². The number of piperazine rings is 1. The maximum Gasteiger partial charge on any atom is 0.254 e. The summed E-state index contributed by atoms with van der Waals surface area (Å²) in [5.74, 6) is 0.371. The van der Waals surface area contributed by atoms with Crippen molar-refractivity contribution in [2.75, 3.05) is 33.4 Å². The van der Waals surface area contributed by atoms with E-state index < -0.39 is 5.54 Å². The van der Waals surface area contributed by atoms with Gasteiger partial charge in [-0.3, -0.25) is 9.59 Å². The van der Waals surface area contributed by atoms with Crippen LogP contribution in [-0.2, 0) is 21.5 Å². The molecule has 2 amide bonds. The van der Waals surface area contributed by atoms with Gasteiger partial charge in [-0.15, -0.1) is 0 Å². The van der Waals surface area contributed by atoms with Crippen LogP contribution in [0.3, 0.4) is 0 Å². The zero-order valence-electron chi connectivity index (χ0n) is 22.9. The Morgan fingerprint density at radius 3 is 2.60 bits per heavy atom. The van der Waals surface area contributed by atoms with E-state index in [1.807, 2.05) is 56.3 Å². The van der Waals surface area contributed by atoms with Gasteiger partial charge in [-0.05, 0) is 49.6 Å². The van der Waals surface area contributed by atoms with Crippen LogP contribution in [0.25, 0.3) is 10.9 Å². The maximum atomic E-state index is 14.3. The second-order valence-electron chi connectivity index (χ2n) is 10.5. The molecule has 2 unspecified atom stereocenters. The quantitative estimate of drug-likeness (QED) is 0.358. The molecule has 0 bridgehead atoms. The van der Waals surface area contributed by atoms with Crippen molar-refractivity contribution < 1.29 is 23.5 Å². The predicted octanol–water partition coefficient (Wildman–Crippen LogP) is 4.99. The highest BCUT2D eigenvalue weighted by Gasteiger charge is 2.56. The first-order valence-corrected chi connectivity index (χ1v) is 13.6. The lowest BCUT2D eigenvalue weighted by molar-refractivity contribution is -0.166. The van der Waals surface area contributed by atoms with Crippen molar-refractivity contribution in [3.63, 3.8) is 0 Å². The fraction of sp³-hybridized carbons (Fsp3) is 0.312. The Morgan fingerprint density at radius 1 is 1.05 bits per heavy atom. The summed E-state index contributed by atoms with van der Waals surface area (Å²) >= 11 is 0. The number of ether oxygens (including phenoxy) is 2. The Labute approximate surface area is 232 Å². The summed E-state index contributed by atoms with van der Waals surface area (Å²) in [6.45, 7) is 4.71. The van der Waals surface area contributed by atoms with Gasteiger partial charge in [0.1, 0.15) is 5.82 Å². The minimum absolute atomic E-state index is 0.0540. The minimum atomic E-state index is -1.24. The van der Waals surface area contributed by atoms with Crippen molar-refractivity contribution in [1.29, 1.82) is 0 Å². The highest BCUT2D eigenvalue weighted by Crippen LogP contribution is 2.50. The highest BCUT2D eigenvalue weighted by atomic mass is 19.1. The number of amides is 2. The Hall–Kier alpha value is -4.33. The second-order valence-corrected chi connectivity index (χ2v) is 10.5. The molecule has 206 valence electrons. The van der Waals surface area contributed by atoms with E-state index in [0.717, 1.165) is 22.0 Å². The van der Waals surface area contributed by atoms with Gasteiger partial charge in [-0.25, -0.2) is 4.39 Å². The van der Waals surface area contributed by atoms with Gasteiger partial charge in [0.25, 0.3) is 5.91 Å². The molecule has 2 aliphatic rings. The molecule has 0 aliphatic carbocycles. The molecule has 1 saturated heterocycles. The average Bonchev–Trinajstić information content (AvgIpc) is 3.36. The Kier molecular flexibility index (Phi) is 6.49. The molecule has 1 aromatic heterocycles. The molecule has 2 atom stereocenters. The van der Waals surface area contributed by atoms with E-state index in [-0.39, 0.29) is 36.6 Å².